The molecule has 0 saturated heterocycles. The second-order valence-electron chi connectivity index (χ2n) is 2.94. The molecule has 0 radical (unpaired) electrons. The first-order chi connectivity index (χ1) is 6.63. The van der Waals surface area contributed by atoms with Gasteiger partial charge < -0.3 is 13.9 Å². The Hall–Kier alpha value is -1.13. The maximum absolute atomic E-state index is 10.9. The zero-order valence-electron chi connectivity index (χ0n) is 8.57. The molecule has 0 saturated carbocycles. The third kappa shape index (κ3) is 2.97. The Balaban J connectivity index is 2.48. The molecular weight excluding hydrogens is 184 g/mol. The van der Waals surface area contributed by atoms with Crippen LogP contribution in [0.2, 0.25) is 0 Å². The van der Waals surface area contributed by atoms with Gasteiger partial charge in [0.05, 0.1) is 0 Å². The molecule has 1 unspecified atom stereocenters. The van der Waals surface area contributed by atoms with Gasteiger partial charge in [-0.25, -0.2) is 0 Å². The summed E-state index contributed by atoms with van der Waals surface area (Å²) in [6, 6.07) is 3.36. The molecule has 0 N–H and O–H groups in total. The van der Waals surface area contributed by atoms with Gasteiger partial charge in [0, 0.05) is 14.0 Å². The van der Waals surface area contributed by atoms with Gasteiger partial charge in [-0.2, -0.15) is 0 Å². The van der Waals surface area contributed by atoms with Crippen LogP contribution in [0, 0.1) is 0 Å². The van der Waals surface area contributed by atoms with Crippen LogP contribution in [0.15, 0.2) is 16.5 Å². The first-order valence-electron chi connectivity index (χ1n) is 4.37. The van der Waals surface area contributed by atoms with E-state index in [4.69, 9.17) is 13.9 Å². The van der Waals surface area contributed by atoms with Gasteiger partial charge in [-0.15, -0.1) is 0 Å². The molecule has 0 bridgehead atoms. The molecule has 1 aromatic heterocycles. The molecular formula is C10H14O4. The van der Waals surface area contributed by atoms with Crippen LogP contribution in [-0.4, -0.2) is 19.2 Å². The zero-order chi connectivity index (χ0) is 10.6. The van der Waals surface area contributed by atoms with Crippen LogP contribution in [0.4, 0.5) is 0 Å². The number of ether oxygens (including phenoxy) is 2. The predicted molar refractivity (Wildman–Crippen MR) is 50.0 cm³/mol. The molecule has 0 aliphatic rings. The minimum atomic E-state index is -0.277. The summed E-state index contributed by atoms with van der Waals surface area (Å²) in [5.74, 6) is 0.892. The lowest BCUT2D eigenvalue weighted by atomic mass is 10.3. The number of ketones is 1. The lowest BCUT2D eigenvalue weighted by molar-refractivity contribution is -0.122. The smallest absolute Gasteiger partial charge is 0.194 e. The third-order valence-electron chi connectivity index (χ3n) is 1.80. The van der Waals surface area contributed by atoms with Crippen molar-refractivity contribution in [3.8, 4) is 0 Å². The Morgan fingerprint density at radius 3 is 2.79 bits per heavy atom. The molecule has 0 aliphatic heterocycles. The Morgan fingerprint density at radius 1 is 1.57 bits per heavy atom. The van der Waals surface area contributed by atoms with Gasteiger partial charge in [0.2, 0.25) is 0 Å². The molecule has 0 amide bonds. The van der Waals surface area contributed by atoms with E-state index >= 15 is 0 Å². The van der Waals surface area contributed by atoms with Crippen LogP contribution >= 0.6 is 0 Å². The van der Waals surface area contributed by atoms with Crippen molar-refractivity contribution < 1.29 is 18.7 Å². The Morgan fingerprint density at radius 2 is 2.29 bits per heavy atom. The highest BCUT2D eigenvalue weighted by molar-refractivity contribution is 5.91. The summed E-state index contributed by atoms with van der Waals surface area (Å²) in [4.78, 5) is 10.9. The fraction of sp³-hybridized carbons (Fsp3) is 0.500. The largest absolute Gasteiger partial charge is 0.456 e. The number of methoxy groups -OCH3 is 1. The summed E-state index contributed by atoms with van der Waals surface area (Å²) >= 11 is 0. The van der Waals surface area contributed by atoms with E-state index in [0.717, 1.165) is 0 Å². The summed E-state index contributed by atoms with van der Waals surface area (Å²) in [5, 5.41) is 0. The summed E-state index contributed by atoms with van der Waals surface area (Å²) < 4.78 is 15.3. The average Bonchev–Trinajstić information content (AvgIpc) is 2.62. The monoisotopic (exact) mass is 198 g/mol. The Labute approximate surface area is 82.8 Å². The second-order valence-corrected chi connectivity index (χ2v) is 2.94. The lowest BCUT2D eigenvalue weighted by Crippen LogP contribution is -2.09. The highest BCUT2D eigenvalue weighted by Gasteiger charge is 2.07. The van der Waals surface area contributed by atoms with Gasteiger partial charge in [-0.3, -0.25) is 4.79 Å². The quantitative estimate of drug-likeness (QED) is 0.536. The molecule has 1 aromatic rings. The zero-order valence-corrected chi connectivity index (χ0v) is 8.57. The van der Waals surface area contributed by atoms with Crippen LogP contribution in [0.1, 0.15) is 30.2 Å². The average molecular weight is 198 g/mol. The number of Topliss-reactive ketones (excluding diaryl/α,β-unsaturated/α-hetero) is 1. The fourth-order valence-electron chi connectivity index (χ4n) is 0.912. The van der Waals surface area contributed by atoms with Crippen LogP contribution in [0.3, 0.4) is 0 Å². The van der Waals surface area contributed by atoms with Crippen LogP contribution in [0.5, 0.6) is 0 Å². The number of hydrogen-bond donors (Lipinski definition) is 0. The maximum atomic E-state index is 10.9. The molecule has 0 fully saturated rings. The van der Waals surface area contributed by atoms with Crippen molar-refractivity contribution in [3.63, 3.8) is 0 Å². The summed E-state index contributed by atoms with van der Waals surface area (Å²) in [6.07, 6.45) is -0.277. The van der Waals surface area contributed by atoms with E-state index in [1.54, 1.807) is 26.2 Å². The summed E-state index contributed by atoms with van der Waals surface area (Å²) in [5.41, 5.74) is 0. The van der Waals surface area contributed by atoms with Gasteiger partial charge in [-0.05, 0) is 19.1 Å². The molecule has 0 aromatic carbocycles. The van der Waals surface area contributed by atoms with Crippen molar-refractivity contribution in [2.75, 3.05) is 7.11 Å². The van der Waals surface area contributed by atoms with Gasteiger partial charge in [0.15, 0.2) is 17.8 Å². The van der Waals surface area contributed by atoms with Crippen molar-refractivity contribution in [1.29, 1.82) is 0 Å². The molecule has 1 rings (SSSR count). The number of carbonyl (C=O) groups is 1. The molecule has 4 nitrogen and oxygen atoms in total. The van der Waals surface area contributed by atoms with E-state index in [-0.39, 0.29) is 12.1 Å². The Bertz CT molecular complexity index is 303. The van der Waals surface area contributed by atoms with Gasteiger partial charge in [0.1, 0.15) is 12.4 Å². The number of hydrogen-bond acceptors (Lipinski definition) is 4. The molecule has 0 spiro atoms. The van der Waals surface area contributed by atoms with Crippen molar-refractivity contribution in [3.05, 3.63) is 23.7 Å². The summed E-state index contributed by atoms with van der Waals surface area (Å²) in [6.45, 7) is 3.55. The maximum Gasteiger partial charge on any atom is 0.194 e. The first-order valence-corrected chi connectivity index (χ1v) is 4.37. The highest BCUT2D eigenvalue weighted by Crippen LogP contribution is 2.10. The van der Waals surface area contributed by atoms with E-state index in [9.17, 15) is 4.79 Å². The Kier molecular flexibility index (Phi) is 3.85. The minimum Gasteiger partial charge on any atom is -0.456 e. The van der Waals surface area contributed by atoms with Gasteiger partial charge in [-0.1, -0.05) is 0 Å². The lowest BCUT2D eigenvalue weighted by Gasteiger charge is -2.08. The minimum absolute atomic E-state index is 0.0870. The van der Waals surface area contributed by atoms with Crippen LogP contribution in [0.25, 0.3) is 0 Å². The molecule has 4 heteroatoms. The van der Waals surface area contributed by atoms with Gasteiger partial charge in [0.25, 0.3) is 0 Å². The standard InChI is InChI=1S/C10H14O4/c1-7(11)10-5-4-9(14-10)6-13-8(2)12-3/h4-5,8H,6H2,1-3H3. The van der Waals surface area contributed by atoms with E-state index in [1.807, 2.05) is 0 Å². The number of carbonyl (C=O) groups excluding carboxylic acids is 1. The van der Waals surface area contributed by atoms with Gasteiger partial charge >= 0.3 is 0 Å². The number of furan rings is 1. The molecule has 0 aliphatic carbocycles. The SMILES string of the molecule is COC(C)OCc1ccc(C(C)=O)o1. The molecule has 78 valence electrons. The molecule has 1 heterocycles. The van der Waals surface area contributed by atoms with Crippen molar-refractivity contribution >= 4 is 5.78 Å². The van der Waals surface area contributed by atoms with E-state index in [1.165, 1.54) is 6.92 Å². The van der Waals surface area contributed by atoms with Crippen molar-refractivity contribution in [2.45, 2.75) is 26.7 Å². The predicted octanol–water partition coefficient (Wildman–Crippen LogP) is 1.99. The van der Waals surface area contributed by atoms with Crippen molar-refractivity contribution in [2.24, 2.45) is 0 Å². The topological polar surface area (TPSA) is 48.7 Å². The van der Waals surface area contributed by atoms with E-state index in [0.29, 0.717) is 18.1 Å². The fourth-order valence-corrected chi connectivity index (χ4v) is 0.912. The van der Waals surface area contributed by atoms with Crippen LogP contribution < -0.4 is 0 Å². The van der Waals surface area contributed by atoms with E-state index in [2.05, 4.69) is 0 Å². The first kappa shape index (κ1) is 10.9. The second kappa shape index (κ2) is 4.93. The number of rotatable bonds is 5. The molecule has 14 heavy (non-hydrogen) atoms. The normalized spacial score (nSPS) is 12.8. The third-order valence-corrected chi connectivity index (χ3v) is 1.80. The summed E-state index contributed by atoms with van der Waals surface area (Å²) in [7, 11) is 1.56. The highest BCUT2D eigenvalue weighted by atomic mass is 16.7. The molecule has 1 atom stereocenters. The van der Waals surface area contributed by atoms with E-state index < -0.39 is 0 Å². The van der Waals surface area contributed by atoms with Crippen LogP contribution in [-0.2, 0) is 16.1 Å². The van der Waals surface area contributed by atoms with Crippen molar-refractivity contribution in [1.82, 2.24) is 0 Å².